The number of halogens is 2. The molecule has 1 saturated carbocycles. The van der Waals surface area contributed by atoms with Crippen molar-refractivity contribution in [2.75, 3.05) is 39.4 Å². The highest BCUT2D eigenvalue weighted by molar-refractivity contribution is 5.87. The van der Waals surface area contributed by atoms with Crippen molar-refractivity contribution in [3.63, 3.8) is 0 Å². The van der Waals surface area contributed by atoms with E-state index in [-0.39, 0.29) is 66.3 Å². The Morgan fingerprint density at radius 2 is 1.91 bits per heavy atom. The van der Waals surface area contributed by atoms with Crippen LogP contribution in [0.4, 0.5) is 13.6 Å². The maximum Gasteiger partial charge on any atom is 0.320 e. The predicted molar refractivity (Wildman–Crippen MR) is 161 cm³/mol. The third-order valence-electron chi connectivity index (χ3n) is 11.6. The van der Waals surface area contributed by atoms with Crippen LogP contribution < -0.4 is 16.0 Å². The Labute approximate surface area is 255 Å². The number of nitrogens with one attached hydrogen (secondary N) is 3. The second-order valence-electron chi connectivity index (χ2n) is 14.3. The van der Waals surface area contributed by atoms with Gasteiger partial charge < -0.3 is 25.2 Å². The number of carbonyl (C=O) groups is 2. The van der Waals surface area contributed by atoms with Gasteiger partial charge in [0, 0.05) is 62.8 Å². The van der Waals surface area contributed by atoms with Crippen molar-refractivity contribution in [3.05, 3.63) is 12.7 Å². The number of urea groups is 1. The van der Waals surface area contributed by atoms with Gasteiger partial charge in [-0.3, -0.25) is 15.0 Å². The molecule has 5 saturated heterocycles. The number of rotatable bonds is 3. The second kappa shape index (κ2) is 12.9. The van der Waals surface area contributed by atoms with E-state index in [1.54, 1.807) is 4.90 Å². The number of amides is 3. The van der Waals surface area contributed by atoms with Crippen LogP contribution in [0.2, 0.25) is 0 Å². The van der Waals surface area contributed by atoms with Gasteiger partial charge in [0.15, 0.2) is 0 Å². The van der Waals surface area contributed by atoms with Gasteiger partial charge in [0.05, 0.1) is 18.4 Å². The molecule has 11 heteroatoms. The monoisotopic (exact) mass is 606 g/mol. The number of alkyl halides is 2. The molecule has 43 heavy (non-hydrogen) atoms. The van der Waals surface area contributed by atoms with Gasteiger partial charge in [-0.1, -0.05) is 26.8 Å². The minimum Gasteiger partial charge on any atom is -0.381 e. The van der Waals surface area contributed by atoms with Crippen LogP contribution >= 0.6 is 0 Å². The topological polar surface area (TPSA) is 89.2 Å². The van der Waals surface area contributed by atoms with Gasteiger partial charge in [0.1, 0.15) is 12.3 Å². The molecule has 11 unspecified atom stereocenters. The Morgan fingerprint density at radius 1 is 1.09 bits per heavy atom. The van der Waals surface area contributed by atoms with Gasteiger partial charge in [-0.2, -0.15) is 0 Å². The van der Waals surface area contributed by atoms with Crippen molar-refractivity contribution < 1.29 is 23.1 Å². The maximum absolute atomic E-state index is 16.5. The first-order valence-corrected chi connectivity index (χ1v) is 16.8. The molecule has 6 rings (SSSR count). The Kier molecular flexibility index (Phi) is 9.34. The van der Waals surface area contributed by atoms with E-state index in [1.807, 2.05) is 4.90 Å². The maximum atomic E-state index is 16.5. The highest BCUT2D eigenvalue weighted by Crippen LogP contribution is 2.44. The van der Waals surface area contributed by atoms with E-state index < -0.39 is 30.5 Å². The van der Waals surface area contributed by atoms with E-state index in [2.05, 4.69) is 48.2 Å². The van der Waals surface area contributed by atoms with Crippen LogP contribution in [0, 0.1) is 29.6 Å². The molecule has 242 valence electrons. The third-order valence-corrected chi connectivity index (χ3v) is 11.6. The largest absolute Gasteiger partial charge is 0.381 e. The summed E-state index contributed by atoms with van der Waals surface area (Å²) in [5, 5.41) is 10.7. The van der Waals surface area contributed by atoms with Crippen LogP contribution in [0.1, 0.15) is 59.3 Å². The van der Waals surface area contributed by atoms with Crippen molar-refractivity contribution in [2.24, 2.45) is 29.6 Å². The number of hydrogen-bond acceptors (Lipinski definition) is 6. The lowest BCUT2D eigenvalue weighted by molar-refractivity contribution is -0.133. The molecule has 12 atom stereocenters. The highest BCUT2D eigenvalue weighted by atomic mass is 19.1. The average Bonchev–Trinajstić information content (AvgIpc) is 2.98. The van der Waals surface area contributed by atoms with Crippen LogP contribution in [-0.2, 0) is 9.53 Å². The standard InChI is InChI=1S/C32H52F2N6O3/c1-5-25(41)38-12-13-39(19(4)16-38)30-22-15-24(34)28-26-21(7-6-8-23(26)33)17-43-14-10-20-9-11-35-27(18(2)3)29(20)40(31(22)36-28)32(42)37-30/h5,18-24,26-31,35-36H,1,6-17H2,2-4H3,(H,37,42)/t19-,20?,21?,22?,23?,24?,26?,27?,28?,29?,30?,31?/m0/s1. The number of piperazine rings is 1. The summed E-state index contributed by atoms with van der Waals surface area (Å²) in [6, 6.07) is -0.871. The number of hydrogen-bond donors (Lipinski definition) is 3. The third kappa shape index (κ3) is 5.84. The van der Waals surface area contributed by atoms with Gasteiger partial charge in [0.2, 0.25) is 5.91 Å². The van der Waals surface area contributed by atoms with Crippen molar-refractivity contribution in [1.82, 2.24) is 30.7 Å². The van der Waals surface area contributed by atoms with Crippen molar-refractivity contribution in [3.8, 4) is 0 Å². The molecule has 3 amide bonds. The molecular weight excluding hydrogens is 554 g/mol. The zero-order chi connectivity index (χ0) is 30.4. The molecular formula is C32H52F2N6O3. The number of ether oxygens (including phenoxy) is 1. The van der Waals surface area contributed by atoms with Gasteiger partial charge >= 0.3 is 6.03 Å². The molecule has 5 heterocycles. The van der Waals surface area contributed by atoms with Crippen molar-refractivity contribution in [1.29, 1.82) is 0 Å². The van der Waals surface area contributed by atoms with E-state index in [0.717, 1.165) is 32.2 Å². The Hall–Kier alpha value is -1.82. The Morgan fingerprint density at radius 3 is 2.65 bits per heavy atom. The summed E-state index contributed by atoms with van der Waals surface area (Å²) in [4.78, 5) is 32.8. The quantitative estimate of drug-likeness (QED) is 0.429. The second-order valence-corrected chi connectivity index (χ2v) is 14.3. The average molecular weight is 607 g/mol. The molecule has 0 radical (unpaired) electrons. The lowest BCUT2D eigenvalue weighted by atomic mass is 9.69. The Bertz CT molecular complexity index is 1040. The van der Waals surface area contributed by atoms with Crippen LogP contribution in [0.3, 0.4) is 0 Å². The van der Waals surface area contributed by atoms with Gasteiger partial charge in [-0.25, -0.2) is 13.6 Å². The summed E-state index contributed by atoms with van der Waals surface area (Å²) in [6.07, 6.45) is 2.30. The van der Waals surface area contributed by atoms with Crippen LogP contribution in [0.5, 0.6) is 0 Å². The van der Waals surface area contributed by atoms with Crippen molar-refractivity contribution in [2.45, 2.75) is 108 Å². The summed E-state index contributed by atoms with van der Waals surface area (Å²) >= 11 is 0. The van der Waals surface area contributed by atoms with E-state index in [1.165, 1.54) is 6.08 Å². The molecule has 1 aliphatic carbocycles. The molecule has 0 spiro atoms. The van der Waals surface area contributed by atoms with Crippen LogP contribution in [0.25, 0.3) is 0 Å². The minimum atomic E-state index is -1.24. The predicted octanol–water partition coefficient (Wildman–Crippen LogP) is 2.88. The minimum absolute atomic E-state index is 0.0286. The highest BCUT2D eigenvalue weighted by Gasteiger charge is 2.57. The normalized spacial score (nSPS) is 44.4. The zero-order valence-electron chi connectivity index (χ0n) is 26.1. The number of nitrogens with zero attached hydrogens (tertiary/aromatic N) is 3. The lowest BCUT2D eigenvalue weighted by Gasteiger charge is -2.60. The van der Waals surface area contributed by atoms with E-state index in [0.29, 0.717) is 39.3 Å². The first-order valence-electron chi connectivity index (χ1n) is 16.8. The number of carbonyl (C=O) groups excluding carboxylic acids is 2. The number of piperidine rings is 2. The zero-order valence-corrected chi connectivity index (χ0v) is 26.1. The molecule has 0 aromatic rings. The molecule has 6 fully saturated rings. The van der Waals surface area contributed by atoms with E-state index in [4.69, 9.17) is 4.74 Å². The molecule has 0 aromatic carbocycles. The molecule has 5 aliphatic heterocycles. The first-order chi connectivity index (χ1) is 20.7. The van der Waals surface area contributed by atoms with Gasteiger partial charge in [-0.15, -0.1) is 0 Å². The van der Waals surface area contributed by atoms with Gasteiger partial charge in [0.25, 0.3) is 0 Å². The summed E-state index contributed by atoms with van der Waals surface area (Å²) in [6.45, 7) is 13.6. The summed E-state index contributed by atoms with van der Waals surface area (Å²) in [7, 11) is 0. The fourth-order valence-electron chi connectivity index (χ4n) is 9.50. The first kappa shape index (κ1) is 31.2. The van der Waals surface area contributed by atoms with Gasteiger partial charge in [-0.05, 0) is 69.4 Å². The molecule has 2 bridgehead atoms. The summed E-state index contributed by atoms with van der Waals surface area (Å²) in [5.74, 6) is -0.334. The molecule has 6 aliphatic rings. The lowest BCUT2D eigenvalue weighted by Crippen LogP contribution is -2.80. The fraction of sp³-hybridized carbons (Fsp3) is 0.875. The van der Waals surface area contributed by atoms with E-state index in [9.17, 15) is 9.59 Å². The fourth-order valence-corrected chi connectivity index (χ4v) is 9.50. The van der Waals surface area contributed by atoms with Crippen LogP contribution in [0.15, 0.2) is 12.7 Å². The van der Waals surface area contributed by atoms with Crippen LogP contribution in [-0.4, -0.2) is 115 Å². The van der Waals surface area contributed by atoms with E-state index >= 15 is 8.78 Å². The smallest absolute Gasteiger partial charge is 0.320 e. The number of fused-ring (bicyclic) bond motifs is 5. The summed E-state index contributed by atoms with van der Waals surface area (Å²) in [5.41, 5.74) is 0. The SMILES string of the molecule is C=CC(=O)N1CCN(C2NC(=O)N3C4NC(C(F)CC42)C2C(F)CCCC2COCCC2CCNC(C(C)C)C23)[C@@H](C)C1. The molecule has 9 nitrogen and oxygen atoms in total. The summed E-state index contributed by atoms with van der Waals surface area (Å²) < 4.78 is 38.5. The Balaban J connectivity index is 1.37. The van der Waals surface area contributed by atoms with Crippen molar-refractivity contribution >= 4 is 11.9 Å². The molecule has 0 aromatic heterocycles. The molecule has 3 N–H and O–H groups in total.